The fourth-order valence-corrected chi connectivity index (χ4v) is 3.11. The lowest BCUT2D eigenvalue weighted by Crippen LogP contribution is -2.29. The summed E-state index contributed by atoms with van der Waals surface area (Å²) in [5.41, 5.74) is 2.16. The molecule has 0 aromatic heterocycles. The zero-order chi connectivity index (χ0) is 18.6. The maximum absolute atomic E-state index is 10.9. The van der Waals surface area contributed by atoms with Crippen molar-refractivity contribution in [3.8, 4) is 0 Å². The molecule has 4 N–H and O–H groups in total. The Morgan fingerprint density at radius 2 is 0.840 bits per heavy atom. The van der Waals surface area contributed by atoms with Crippen LogP contribution in [0.2, 0.25) is 0 Å². The van der Waals surface area contributed by atoms with Crippen molar-refractivity contribution in [2.24, 2.45) is 5.84 Å². The normalized spacial score (nSPS) is 10.8. The predicted octanol–water partition coefficient (Wildman–Crippen LogP) is 5.08. The van der Waals surface area contributed by atoms with Gasteiger partial charge in [-0.2, -0.15) is 0 Å². The van der Waals surface area contributed by atoms with E-state index in [1.54, 1.807) is 0 Å². The Morgan fingerprint density at radius 1 is 0.560 bits per heavy atom. The van der Waals surface area contributed by atoms with Gasteiger partial charge in [0, 0.05) is 12.8 Å². The zero-order valence-corrected chi connectivity index (χ0v) is 16.1. The molecule has 0 aliphatic rings. The number of hydrazine groups is 1. The Morgan fingerprint density at radius 3 is 1.12 bits per heavy atom. The van der Waals surface area contributed by atoms with Crippen molar-refractivity contribution in [3.05, 3.63) is 0 Å². The van der Waals surface area contributed by atoms with Gasteiger partial charge < -0.3 is 5.11 Å². The van der Waals surface area contributed by atoms with Crippen LogP contribution in [0.5, 0.6) is 0 Å². The summed E-state index contributed by atoms with van der Waals surface area (Å²) in [5.74, 6) is 4.31. The van der Waals surface area contributed by atoms with Crippen LogP contribution in [0.3, 0.4) is 0 Å². The first-order valence-electron chi connectivity index (χ1n) is 10.4. The van der Waals surface area contributed by atoms with Crippen molar-refractivity contribution in [3.63, 3.8) is 0 Å². The number of carboxylic acid groups (broad SMARTS) is 1. The van der Waals surface area contributed by atoms with Gasteiger partial charge in [0.2, 0.25) is 5.91 Å². The lowest BCUT2D eigenvalue weighted by molar-refractivity contribution is -0.137. The Bertz CT molecular complexity index is 322. The first-order valence-corrected chi connectivity index (χ1v) is 10.4. The number of hydrogen-bond acceptors (Lipinski definition) is 3. The number of rotatable bonds is 19. The molecule has 0 saturated carbocycles. The van der Waals surface area contributed by atoms with Crippen LogP contribution in [0.4, 0.5) is 0 Å². The van der Waals surface area contributed by atoms with Crippen LogP contribution in [-0.2, 0) is 9.59 Å². The van der Waals surface area contributed by atoms with Gasteiger partial charge >= 0.3 is 5.97 Å². The fourth-order valence-electron chi connectivity index (χ4n) is 3.11. The van der Waals surface area contributed by atoms with Crippen LogP contribution in [0.15, 0.2) is 0 Å². The van der Waals surface area contributed by atoms with Crippen molar-refractivity contribution in [1.82, 2.24) is 5.43 Å². The molecule has 0 aromatic rings. The van der Waals surface area contributed by atoms with Crippen LogP contribution in [0.1, 0.15) is 116 Å². The third kappa shape index (κ3) is 20.9. The lowest BCUT2D eigenvalue weighted by atomic mass is 10.0. The molecule has 1 amide bonds. The average molecular weight is 357 g/mol. The molecule has 25 heavy (non-hydrogen) atoms. The molecule has 0 atom stereocenters. The number of nitrogens with two attached hydrogens (primary N) is 1. The number of amides is 1. The molecule has 148 valence electrons. The largest absolute Gasteiger partial charge is 0.481 e. The summed E-state index contributed by atoms with van der Waals surface area (Å²) in [6.45, 7) is 0. The van der Waals surface area contributed by atoms with E-state index in [0.29, 0.717) is 12.8 Å². The lowest BCUT2D eigenvalue weighted by Gasteiger charge is -2.03. The predicted molar refractivity (Wildman–Crippen MR) is 103 cm³/mol. The number of carbonyl (C=O) groups excluding carboxylic acids is 1. The van der Waals surface area contributed by atoms with Gasteiger partial charge in [0.15, 0.2) is 0 Å². The van der Waals surface area contributed by atoms with E-state index < -0.39 is 5.97 Å². The van der Waals surface area contributed by atoms with Crippen LogP contribution in [0.25, 0.3) is 0 Å². The number of aliphatic carboxylic acids is 1. The summed E-state index contributed by atoms with van der Waals surface area (Å²) in [6.07, 6.45) is 20.5. The maximum Gasteiger partial charge on any atom is 0.303 e. The van der Waals surface area contributed by atoms with Crippen molar-refractivity contribution in [2.45, 2.75) is 116 Å². The Balaban J connectivity index is 3.03. The molecular weight excluding hydrogens is 316 g/mol. The van der Waals surface area contributed by atoms with Crippen LogP contribution < -0.4 is 11.3 Å². The van der Waals surface area contributed by atoms with Gasteiger partial charge in [-0.05, 0) is 12.8 Å². The highest BCUT2D eigenvalue weighted by atomic mass is 16.4. The second-order valence-corrected chi connectivity index (χ2v) is 7.12. The van der Waals surface area contributed by atoms with E-state index in [1.807, 2.05) is 0 Å². The number of carbonyl (C=O) groups is 2. The van der Waals surface area contributed by atoms with Crippen molar-refractivity contribution >= 4 is 11.9 Å². The molecule has 0 rings (SSSR count). The summed E-state index contributed by atoms with van der Waals surface area (Å²) in [7, 11) is 0. The van der Waals surface area contributed by atoms with Gasteiger partial charge in [-0.15, -0.1) is 0 Å². The minimum absolute atomic E-state index is 0.0572. The number of nitrogens with one attached hydrogen (secondary N) is 1. The van der Waals surface area contributed by atoms with Gasteiger partial charge in [-0.3, -0.25) is 15.0 Å². The van der Waals surface area contributed by atoms with Crippen molar-refractivity contribution < 1.29 is 14.7 Å². The Kier molecular flexibility index (Phi) is 18.4. The minimum Gasteiger partial charge on any atom is -0.481 e. The molecule has 5 heteroatoms. The number of carboxylic acids is 1. The monoisotopic (exact) mass is 356 g/mol. The molecule has 0 fully saturated rings. The molecule has 0 heterocycles. The summed E-state index contributed by atoms with van der Waals surface area (Å²) >= 11 is 0. The second-order valence-electron chi connectivity index (χ2n) is 7.12. The average Bonchev–Trinajstić information content (AvgIpc) is 2.60. The molecule has 5 nitrogen and oxygen atoms in total. The third-order valence-electron chi connectivity index (χ3n) is 4.71. The van der Waals surface area contributed by atoms with Gasteiger partial charge in [-0.25, -0.2) is 5.84 Å². The molecule has 0 aromatic carbocycles. The first kappa shape index (κ1) is 23.9. The van der Waals surface area contributed by atoms with E-state index >= 15 is 0 Å². The summed E-state index contributed by atoms with van der Waals surface area (Å²) < 4.78 is 0. The Hall–Kier alpha value is -1.10. The van der Waals surface area contributed by atoms with Gasteiger partial charge in [0.1, 0.15) is 0 Å². The maximum atomic E-state index is 10.9. The second kappa shape index (κ2) is 19.2. The van der Waals surface area contributed by atoms with Crippen molar-refractivity contribution in [1.29, 1.82) is 0 Å². The van der Waals surface area contributed by atoms with E-state index in [4.69, 9.17) is 10.9 Å². The quantitative estimate of drug-likeness (QED) is 0.130. The zero-order valence-electron chi connectivity index (χ0n) is 16.1. The standard InChI is InChI=1S/C20H40N2O3/c21-22-19(23)17-15-13-11-9-7-5-3-1-2-4-6-8-10-12-14-16-18-20(24)25/h1-18,21H2,(H,22,23)(H,24,25). The van der Waals surface area contributed by atoms with E-state index in [1.165, 1.54) is 77.0 Å². The smallest absolute Gasteiger partial charge is 0.303 e. The van der Waals surface area contributed by atoms with Gasteiger partial charge in [0.25, 0.3) is 0 Å². The summed E-state index contributed by atoms with van der Waals surface area (Å²) in [4.78, 5) is 21.3. The third-order valence-corrected chi connectivity index (χ3v) is 4.71. The van der Waals surface area contributed by atoms with Gasteiger partial charge in [0.05, 0.1) is 0 Å². The van der Waals surface area contributed by atoms with Crippen LogP contribution >= 0.6 is 0 Å². The number of hydrogen-bond donors (Lipinski definition) is 3. The van der Waals surface area contributed by atoms with Gasteiger partial charge in [-0.1, -0.05) is 89.9 Å². The molecule has 0 unspecified atom stereocenters. The highest BCUT2D eigenvalue weighted by molar-refractivity contribution is 5.75. The first-order chi connectivity index (χ1) is 12.2. The SMILES string of the molecule is NNC(=O)CCCCCCCCCCCCCCCCCCC(=O)O. The van der Waals surface area contributed by atoms with E-state index in [2.05, 4.69) is 5.43 Å². The molecule has 0 bridgehead atoms. The molecule has 0 spiro atoms. The highest BCUT2D eigenvalue weighted by Gasteiger charge is 1.98. The van der Waals surface area contributed by atoms with E-state index in [0.717, 1.165) is 25.7 Å². The van der Waals surface area contributed by atoms with Crippen LogP contribution in [0, 0.1) is 0 Å². The summed E-state index contributed by atoms with van der Waals surface area (Å²) in [5, 5.41) is 8.55. The molecule has 0 saturated heterocycles. The molecule has 0 radical (unpaired) electrons. The number of unbranched alkanes of at least 4 members (excludes halogenated alkanes) is 15. The minimum atomic E-state index is -0.670. The summed E-state index contributed by atoms with van der Waals surface area (Å²) in [6, 6.07) is 0. The highest BCUT2D eigenvalue weighted by Crippen LogP contribution is 2.14. The molecule has 0 aliphatic heterocycles. The van der Waals surface area contributed by atoms with Crippen LogP contribution in [-0.4, -0.2) is 17.0 Å². The van der Waals surface area contributed by atoms with Crippen molar-refractivity contribution in [2.75, 3.05) is 0 Å². The van der Waals surface area contributed by atoms with E-state index in [9.17, 15) is 9.59 Å². The topological polar surface area (TPSA) is 92.4 Å². The van der Waals surface area contributed by atoms with E-state index in [-0.39, 0.29) is 5.91 Å². The molecular formula is C20H40N2O3. The Labute approximate surface area is 154 Å². The fraction of sp³-hybridized carbons (Fsp3) is 0.900. The molecule has 0 aliphatic carbocycles.